The van der Waals surface area contributed by atoms with Gasteiger partial charge < -0.3 is 10.6 Å². The second-order valence-electron chi connectivity index (χ2n) is 5.00. The first-order chi connectivity index (χ1) is 9.02. The molecule has 0 saturated carbocycles. The highest BCUT2D eigenvalue weighted by atomic mass is 16.2. The van der Waals surface area contributed by atoms with Gasteiger partial charge in [-0.15, -0.1) is 5.10 Å². The maximum absolute atomic E-state index is 12.0. The summed E-state index contributed by atoms with van der Waals surface area (Å²) in [5, 5.41) is 7.80. The summed E-state index contributed by atoms with van der Waals surface area (Å²) in [7, 11) is 0. The number of hydrogen-bond donors (Lipinski definition) is 1. The molecule has 0 radical (unpaired) electrons. The first-order valence-electron chi connectivity index (χ1n) is 6.46. The van der Waals surface area contributed by atoms with Crippen LogP contribution in [0.5, 0.6) is 0 Å². The number of likely N-dealkylation sites (tertiary alicyclic amines) is 1. The van der Waals surface area contributed by atoms with Crippen molar-refractivity contribution < 1.29 is 9.59 Å². The average molecular weight is 265 g/mol. The van der Waals surface area contributed by atoms with E-state index in [2.05, 4.69) is 10.3 Å². The summed E-state index contributed by atoms with van der Waals surface area (Å²) >= 11 is 0. The average Bonchev–Trinajstić information content (AvgIpc) is 2.88. The van der Waals surface area contributed by atoms with Gasteiger partial charge in [-0.1, -0.05) is 12.1 Å². The third-order valence-electron chi connectivity index (χ3n) is 3.57. The Labute approximate surface area is 111 Å². The smallest absolute Gasteiger partial charge is 0.240 e. The number of amides is 2. The van der Waals surface area contributed by atoms with E-state index in [0.717, 1.165) is 5.69 Å². The van der Waals surface area contributed by atoms with Gasteiger partial charge in [0, 0.05) is 25.4 Å². The quantitative estimate of drug-likeness (QED) is 0.790. The molecule has 0 aromatic carbocycles. The molecular weight excluding hydrogens is 246 g/mol. The number of carbonyl (C=O) groups excluding carboxylic acids is 2. The van der Waals surface area contributed by atoms with E-state index in [0.29, 0.717) is 25.9 Å². The Balaban J connectivity index is 2.03. The second-order valence-corrected chi connectivity index (χ2v) is 5.00. The maximum Gasteiger partial charge on any atom is 0.240 e. The van der Waals surface area contributed by atoms with Gasteiger partial charge in [0.05, 0.1) is 11.9 Å². The first-order valence-corrected chi connectivity index (χ1v) is 6.46. The maximum atomic E-state index is 12.0. The Bertz CT molecular complexity index is 484. The van der Waals surface area contributed by atoms with Gasteiger partial charge in [-0.3, -0.25) is 9.59 Å². The van der Waals surface area contributed by atoms with Crippen molar-refractivity contribution in [3.63, 3.8) is 0 Å². The largest absolute Gasteiger partial charge is 0.368 e. The van der Waals surface area contributed by atoms with E-state index < -0.39 is 11.9 Å². The normalized spacial score (nSPS) is 20.8. The zero-order chi connectivity index (χ0) is 14.0. The minimum absolute atomic E-state index is 0.00609. The van der Waals surface area contributed by atoms with Gasteiger partial charge in [-0.05, 0) is 13.3 Å². The summed E-state index contributed by atoms with van der Waals surface area (Å²) in [4.78, 5) is 24.9. The first kappa shape index (κ1) is 13.5. The summed E-state index contributed by atoms with van der Waals surface area (Å²) in [5.74, 6) is -0.289. The lowest BCUT2D eigenvalue weighted by atomic mass is 10.1. The van der Waals surface area contributed by atoms with Crippen LogP contribution in [0.25, 0.3) is 0 Å². The zero-order valence-electron chi connectivity index (χ0n) is 11.2. The molecule has 0 spiro atoms. The molecule has 2 rings (SSSR count). The van der Waals surface area contributed by atoms with E-state index >= 15 is 0 Å². The summed E-state index contributed by atoms with van der Waals surface area (Å²) in [6, 6.07) is -0.491. The molecule has 2 amide bonds. The highest BCUT2D eigenvalue weighted by Crippen LogP contribution is 2.23. The molecule has 2 N–H and O–H groups in total. The molecule has 104 valence electrons. The molecule has 0 bridgehead atoms. The Kier molecular flexibility index (Phi) is 3.82. The molecule has 1 aromatic heterocycles. The number of carbonyl (C=O) groups is 2. The number of rotatable bonds is 5. The highest BCUT2D eigenvalue weighted by molar-refractivity contribution is 5.87. The van der Waals surface area contributed by atoms with Crippen molar-refractivity contribution in [3.8, 4) is 0 Å². The van der Waals surface area contributed by atoms with Crippen LogP contribution in [0.4, 0.5) is 0 Å². The SMILES string of the molecule is CC[C@@H](C(N)=O)N1CC(Cn2nncc2C)CC1=O. The van der Waals surface area contributed by atoms with Gasteiger partial charge in [-0.2, -0.15) is 0 Å². The lowest BCUT2D eigenvalue weighted by Gasteiger charge is -2.24. The number of aryl methyl sites for hydroxylation is 1. The Hall–Kier alpha value is -1.92. The fourth-order valence-corrected chi connectivity index (χ4v) is 2.54. The summed E-state index contributed by atoms with van der Waals surface area (Å²) in [5.41, 5.74) is 6.30. The van der Waals surface area contributed by atoms with Gasteiger partial charge in [0.25, 0.3) is 0 Å². The molecule has 2 atom stereocenters. The summed E-state index contributed by atoms with van der Waals surface area (Å²) in [6.07, 6.45) is 2.67. The molecule has 1 fully saturated rings. The standard InChI is InChI=1S/C12H19N5O2/c1-3-10(12(13)19)16-6-9(4-11(16)18)7-17-8(2)5-14-15-17/h5,9-10H,3-4,6-7H2,1-2H3,(H2,13,19)/t9?,10-/m0/s1. The Morgan fingerprint density at radius 2 is 2.37 bits per heavy atom. The molecule has 7 heteroatoms. The van der Waals surface area contributed by atoms with Gasteiger partial charge in [0.15, 0.2) is 0 Å². The molecule has 7 nitrogen and oxygen atoms in total. The topological polar surface area (TPSA) is 94.1 Å². The minimum atomic E-state index is -0.491. The number of nitrogens with zero attached hydrogens (tertiary/aromatic N) is 4. The molecule has 1 unspecified atom stereocenters. The van der Waals surface area contributed by atoms with Gasteiger partial charge in [-0.25, -0.2) is 4.68 Å². The Morgan fingerprint density at radius 3 is 2.89 bits per heavy atom. The fourth-order valence-electron chi connectivity index (χ4n) is 2.54. The minimum Gasteiger partial charge on any atom is -0.368 e. The van der Waals surface area contributed by atoms with E-state index in [-0.39, 0.29) is 11.8 Å². The lowest BCUT2D eigenvalue weighted by molar-refractivity contribution is -0.136. The van der Waals surface area contributed by atoms with Crippen molar-refractivity contribution in [2.75, 3.05) is 6.54 Å². The fraction of sp³-hybridized carbons (Fsp3) is 0.667. The predicted octanol–water partition coefficient (Wildman–Crippen LogP) is -0.301. The third-order valence-corrected chi connectivity index (χ3v) is 3.57. The van der Waals surface area contributed by atoms with Gasteiger partial charge in [0.1, 0.15) is 6.04 Å². The molecule has 2 heterocycles. The molecule has 1 aliphatic rings. The van der Waals surface area contributed by atoms with Crippen molar-refractivity contribution in [3.05, 3.63) is 11.9 Å². The van der Waals surface area contributed by atoms with Crippen molar-refractivity contribution in [2.45, 2.75) is 39.3 Å². The Morgan fingerprint density at radius 1 is 1.63 bits per heavy atom. The van der Waals surface area contributed by atoms with Crippen LogP contribution in [0.2, 0.25) is 0 Å². The van der Waals surface area contributed by atoms with Crippen LogP contribution in [0.3, 0.4) is 0 Å². The number of nitrogens with two attached hydrogens (primary N) is 1. The zero-order valence-corrected chi connectivity index (χ0v) is 11.2. The van der Waals surface area contributed by atoms with Crippen LogP contribution in [0.1, 0.15) is 25.5 Å². The van der Waals surface area contributed by atoms with Crippen LogP contribution >= 0.6 is 0 Å². The van der Waals surface area contributed by atoms with Crippen LogP contribution in [-0.2, 0) is 16.1 Å². The van der Waals surface area contributed by atoms with Crippen molar-refractivity contribution in [1.29, 1.82) is 0 Å². The predicted molar refractivity (Wildman–Crippen MR) is 67.9 cm³/mol. The number of primary amides is 1. The molecule has 19 heavy (non-hydrogen) atoms. The van der Waals surface area contributed by atoms with E-state index in [4.69, 9.17) is 5.73 Å². The monoisotopic (exact) mass is 265 g/mol. The van der Waals surface area contributed by atoms with Crippen LogP contribution in [0.15, 0.2) is 6.20 Å². The molecular formula is C12H19N5O2. The molecule has 1 aliphatic heterocycles. The van der Waals surface area contributed by atoms with E-state index in [1.54, 1.807) is 15.8 Å². The van der Waals surface area contributed by atoms with Crippen LogP contribution < -0.4 is 5.73 Å². The van der Waals surface area contributed by atoms with Crippen molar-refractivity contribution >= 4 is 11.8 Å². The molecule has 1 saturated heterocycles. The third kappa shape index (κ3) is 2.74. The lowest BCUT2D eigenvalue weighted by Crippen LogP contribution is -2.45. The number of aromatic nitrogens is 3. The van der Waals surface area contributed by atoms with Gasteiger partial charge >= 0.3 is 0 Å². The van der Waals surface area contributed by atoms with Crippen molar-refractivity contribution in [2.24, 2.45) is 11.7 Å². The molecule has 0 aliphatic carbocycles. The number of hydrogen-bond acceptors (Lipinski definition) is 4. The van der Waals surface area contributed by atoms with E-state index in [9.17, 15) is 9.59 Å². The van der Waals surface area contributed by atoms with Crippen LogP contribution in [0, 0.1) is 12.8 Å². The molecule has 1 aromatic rings. The van der Waals surface area contributed by atoms with Crippen LogP contribution in [-0.4, -0.2) is 44.3 Å². The summed E-state index contributed by atoms with van der Waals surface area (Å²) < 4.78 is 1.78. The van der Waals surface area contributed by atoms with Gasteiger partial charge in [0.2, 0.25) is 11.8 Å². The van der Waals surface area contributed by atoms with Crippen molar-refractivity contribution in [1.82, 2.24) is 19.9 Å². The van der Waals surface area contributed by atoms with E-state index in [1.807, 2.05) is 13.8 Å². The highest BCUT2D eigenvalue weighted by Gasteiger charge is 2.36. The van der Waals surface area contributed by atoms with E-state index in [1.165, 1.54) is 0 Å². The summed E-state index contributed by atoms with van der Waals surface area (Å²) in [6.45, 7) is 4.98. The second kappa shape index (κ2) is 5.38.